The number of nitrogens with zero attached hydrogens (tertiary/aromatic N) is 2. The molecule has 1 heterocycles. The lowest BCUT2D eigenvalue weighted by Crippen LogP contribution is -2.20. The van der Waals surface area contributed by atoms with Gasteiger partial charge in [-0.05, 0) is 67.1 Å². The van der Waals surface area contributed by atoms with Gasteiger partial charge in [0.05, 0.1) is 13.3 Å². The molecule has 1 amide bonds. The van der Waals surface area contributed by atoms with Crippen LogP contribution in [-0.2, 0) is 24.2 Å². The van der Waals surface area contributed by atoms with Gasteiger partial charge in [-0.15, -0.1) is 0 Å². The number of methoxy groups -OCH3 is 1. The van der Waals surface area contributed by atoms with Gasteiger partial charge in [0.15, 0.2) is 0 Å². The minimum absolute atomic E-state index is 0.0768. The molecule has 0 aliphatic heterocycles. The molecule has 0 atom stereocenters. The van der Waals surface area contributed by atoms with Gasteiger partial charge < -0.3 is 9.30 Å². The van der Waals surface area contributed by atoms with Crippen LogP contribution in [0, 0.1) is 0 Å². The summed E-state index contributed by atoms with van der Waals surface area (Å²) in [6, 6.07) is 16.1. The molecule has 4 rings (SSSR count). The molecule has 5 nitrogen and oxygen atoms in total. The van der Waals surface area contributed by atoms with Gasteiger partial charge in [0, 0.05) is 29.6 Å². The smallest absolute Gasteiger partial charge is 0.241 e. The molecule has 1 N–H and O–H groups in total. The van der Waals surface area contributed by atoms with Crippen LogP contribution in [0.3, 0.4) is 0 Å². The number of ether oxygens (including phenoxy) is 1. The van der Waals surface area contributed by atoms with Gasteiger partial charge >= 0.3 is 0 Å². The second-order valence-corrected chi connectivity index (χ2v) is 7.12. The van der Waals surface area contributed by atoms with Gasteiger partial charge in [-0.1, -0.05) is 18.2 Å². The number of hydrogen-bond acceptors (Lipinski definition) is 3. The Morgan fingerprint density at radius 1 is 1.14 bits per heavy atom. The van der Waals surface area contributed by atoms with Crippen LogP contribution < -0.4 is 10.2 Å². The summed E-state index contributed by atoms with van der Waals surface area (Å²) in [7, 11) is 1.63. The molecule has 0 saturated carbocycles. The fourth-order valence-corrected chi connectivity index (χ4v) is 3.98. The number of aryl methyl sites for hydroxylation is 2. The predicted octanol–water partition coefficient (Wildman–Crippen LogP) is 4.07. The minimum Gasteiger partial charge on any atom is -0.497 e. The molecular weight excluding hydrogens is 350 g/mol. The number of para-hydroxylation sites is 1. The molecule has 0 spiro atoms. The van der Waals surface area contributed by atoms with E-state index in [1.165, 1.54) is 35.0 Å². The van der Waals surface area contributed by atoms with Crippen molar-refractivity contribution in [2.24, 2.45) is 5.10 Å². The van der Waals surface area contributed by atoms with Crippen LogP contribution in [0.2, 0.25) is 0 Å². The Kier molecular flexibility index (Phi) is 5.42. The molecule has 1 aliphatic rings. The number of hydrogen-bond donors (Lipinski definition) is 1. The molecule has 0 unspecified atom stereocenters. The molecular formula is C23H25N3O2. The third-order valence-corrected chi connectivity index (χ3v) is 5.37. The second kappa shape index (κ2) is 8.30. The van der Waals surface area contributed by atoms with Crippen molar-refractivity contribution in [1.82, 2.24) is 9.99 Å². The largest absolute Gasteiger partial charge is 0.497 e. The summed E-state index contributed by atoms with van der Waals surface area (Å²) in [6.45, 7) is 0.680. The van der Waals surface area contributed by atoms with Gasteiger partial charge in [0.1, 0.15) is 5.75 Å². The van der Waals surface area contributed by atoms with E-state index in [1.807, 2.05) is 24.3 Å². The summed E-state index contributed by atoms with van der Waals surface area (Å²) in [6.07, 6.45) is 6.76. The molecule has 28 heavy (non-hydrogen) atoms. The van der Waals surface area contributed by atoms with Crippen LogP contribution in [0.5, 0.6) is 5.75 Å². The molecule has 144 valence electrons. The fraction of sp³-hybridized carbons (Fsp3) is 0.304. The third kappa shape index (κ3) is 3.79. The first kappa shape index (κ1) is 18.3. The molecule has 0 saturated heterocycles. The lowest BCUT2D eigenvalue weighted by molar-refractivity contribution is -0.121. The number of fused-ring (bicyclic) bond motifs is 3. The second-order valence-electron chi connectivity index (χ2n) is 7.12. The van der Waals surface area contributed by atoms with E-state index < -0.39 is 0 Å². The van der Waals surface area contributed by atoms with E-state index >= 15 is 0 Å². The Bertz CT molecular complexity index is 1000. The number of hydrazone groups is 1. The van der Waals surface area contributed by atoms with Crippen LogP contribution in [0.25, 0.3) is 10.9 Å². The molecule has 1 aromatic heterocycles. The average Bonchev–Trinajstić information content (AvgIpc) is 3.07. The maximum Gasteiger partial charge on any atom is 0.241 e. The van der Waals surface area contributed by atoms with E-state index in [2.05, 4.69) is 39.4 Å². The SMILES string of the molecule is COc1ccc(/C=N/NC(=O)CCn2c3c(c4ccccc42)CCCC3)cc1. The van der Waals surface area contributed by atoms with Gasteiger partial charge in [0.25, 0.3) is 0 Å². The van der Waals surface area contributed by atoms with E-state index in [0.29, 0.717) is 13.0 Å². The topological polar surface area (TPSA) is 55.6 Å². The number of carbonyl (C=O) groups excluding carboxylic acids is 1. The van der Waals surface area contributed by atoms with Crippen molar-refractivity contribution in [2.75, 3.05) is 7.11 Å². The first-order chi connectivity index (χ1) is 13.8. The zero-order valence-corrected chi connectivity index (χ0v) is 16.1. The maximum atomic E-state index is 12.3. The number of nitrogens with one attached hydrogen (secondary N) is 1. The lowest BCUT2D eigenvalue weighted by Gasteiger charge is -2.15. The van der Waals surface area contributed by atoms with Gasteiger partial charge in [0.2, 0.25) is 5.91 Å². The number of carbonyl (C=O) groups is 1. The zero-order valence-electron chi connectivity index (χ0n) is 16.1. The summed E-state index contributed by atoms with van der Waals surface area (Å²) in [5, 5.41) is 5.41. The highest BCUT2D eigenvalue weighted by Gasteiger charge is 2.19. The fourth-order valence-electron chi connectivity index (χ4n) is 3.98. The first-order valence-electron chi connectivity index (χ1n) is 9.81. The Morgan fingerprint density at radius 2 is 1.93 bits per heavy atom. The zero-order chi connectivity index (χ0) is 19.3. The molecule has 3 aromatic rings. The maximum absolute atomic E-state index is 12.3. The quantitative estimate of drug-likeness (QED) is 0.522. The number of benzene rings is 2. The highest BCUT2D eigenvalue weighted by atomic mass is 16.5. The number of aromatic nitrogens is 1. The summed E-state index contributed by atoms with van der Waals surface area (Å²) in [5.74, 6) is 0.718. The van der Waals surface area contributed by atoms with Crippen molar-refractivity contribution in [2.45, 2.75) is 38.6 Å². The van der Waals surface area contributed by atoms with Crippen LogP contribution in [0.4, 0.5) is 0 Å². The third-order valence-electron chi connectivity index (χ3n) is 5.37. The summed E-state index contributed by atoms with van der Waals surface area (Å²) >= 11 is 0. The summed E-state index contributed by atoms with van der Waals surface area (Å²) < 4.78 is 7.46. The molecule has 0 radical (unpaired) electrons. The summed E-state index contributed by atoms with van der Waals surface area (Å²) in [4.78, 5) is 12.3. The van der Waals surface area contributed by atoms with Gasteiger partial charge in [-0.3, -0.25) is 4.79 Å². The van der Waals surface area contributed by atoms with Crippen molar-refractivity contribution in [3.05, 3.63) is 65.4 Å². The van der Waals surface area contributed by atoms with Crippen LogP contribution in [-0.4, -0.2) is 23.8 Å². The normalized spacial score (nSPS) is 13.6. The highest BCUT2D eigenvalue weighted by molar-refractivity contribution is 5.86. The molecule has 0 bridgehead atoms. The first-order valence-corrected chi connectivity index (χ1v) is 9.81. The average molecular weight is 375 g/mol. The Morgan fingerprint density at radius 3 is 2.75 bits per heavy atom. The molecule has 5 heteroatoms. The number of rotatable bonds is 6. The van der Waals surface area contributed by atoms with Crippen molar-refractivity contribution >= 4 is 23.0 Å². The standard InChI is InChI=1S/C23H25N3O2/c1-28-18-12-10-17(11-13-18)16-24-25-23(27)14-15-26-21-8-4-2-6-19(21)20-7-3-5-9-22(20)26/h2,4,6,8,10-13,16H,3,5,7,9,14-15H2,1H3,(H,25,27)/b24-16+. The Hall–Kier alpha value is -3.08. The monoisotopic (exact) mass is 375 g/mol. The Balaban J connectivity index is 1.40. The van der Waals surface area contributed by atoms with Crippen LogP contribution >= 0.6 is 0 Å². The van der Waals surface area contributed by atoms with Gasteiger partial charge in [-0.2, -0.15) is 5.10 Å². The molecule has 2 aromatic carbocycles. The predicted molar refractivity (Wildman–Crippen MR) is 112 cm³/mol. The van der Waals surface area contributed by atoms with E-state index in [-0.39, 0.29) is 5.91 Å². The van der Waals surface area contributed by atoms with Crippen molar-refractivity contribution in [3.63, 3.8) is 0 Å². The van der Waals surface area contributed by atoms with E-state index in [4.69, 9.17) is 4.74 Å². The highest BCUT2D eigenvalue weighted by Crippen LogP contribution is 2.32. The Labute approximate surface area is 165 Å². The summed E-state index contributed by atoms with van der Waals surface area (Å²) in [5.41, 5.74) is 7.66. The van der Waals surface area contributed by atoms with Crippen molar-refractivity contribution in [1.29, 1.82) is 0 Å². The van der Waals surface area contributed by atoms with E-state index in [0.717, 1.165) is 24.2 Å². The lowest BCUT2D eigenvalue weighted by atomic mass is 9.95. The minimum atomic E-state index is -0.0768. The van der Waals surface area contributed by atoms with Crippen LogP contribution in [0.15, 0.2) is 53.6 Å². The molecule has 1 aliphatic carbocycles. The molecule has 0 fully saturated rings. The van der Waals surface area contributed by atoms with E-state index in [1.54, 1.807) is 13.3 Å². The number of amides is 1. The van der Waals surface area contributed by atoms with E-state index in [9.17, 15) is 4.79 Å². The van der Waals surface area contributed by atoms with Crippen molar-refractivity contribution in [3.8, 4) is 5.75 Å². The van der Waals surface area contributed by atoms with Gasteiger partial charge in [-0.25, -0.2) is 5.43 Å². The van der Waals surface area contributed by atoms with Crippen LogP contribution in [0.1, 0.15) is 36.1 Å². The van der Waals surface area contributed by atoms with Crippen molar-refractivity contribution < 1.29 is 9.53 Å².